The molecular formula is C45H67ClN8O4. The van der Waals surface area contributed by atoms with Gasteiger partial charge in [0.15, 0.2) is 0 Å². The van der Waals surface area contributed by atoms with Crippen LogP contribution in [0.3, 0.4) is 0 Å². The van der Waals surface area contributed by atoms with Crippen molar-refractivity contribution in [2.75, 3.05) is 110 Å². The SMILES string of the molecule is CCN(CC)c1ccc2c(-c3ccccc3C(=O)NCCN3CCNCCNCCN(CCNC(=O)OC(C)(C)C)CC3)c3ccc(=[N+](CC)CC)cc-3oc2c1.[Cl-]. The summed E-state index contributed by atoms with van der Waals surface area (Å²) in [5.74, 6) is 0.698. The van der Waals surface area contributed by atoms with Crippen LogP contribution in [0.1, 0.15) is 58.8 Å². The third-order valence-corrected chi connectivity index (χ3v) is 10.6. The van der Waals surface area contributed by atoms with E-state index < -0.39 is 11.7 Å². The molecule has 0 saturated carbocycles. The minimum absolute atomic E-state index is 0. The Labute approximate surface area is 352 Å². The van der Waals surface area contributed by atoms with Gasteiger partial charge in [-0.15, -0.1) is 0 Å². The summed E-state index contributed by atoms with van der Waals surface area (Å²) < 4.78 is 14.5. The topological polar surface area (TPSA) is 117 Å². The van der Waals surface area contributed by atoms with Gasteiger partial charge in [0.05, 0.1) is 6.07 Å². The standard InChI is InChI=1S/C45H66N8O4.ClH/c1-8-52(9-2)34-16-18-38-40(32-34)56-41-33-35(53(10-3)11-4)17-19-39(41)42(38)36-14-12-13-15-37(36)43(54)48-24-28-50-26-22-46-20-21-47-23-27-51(31-30-50)29-25-49-44(55)57-45(5,6)7;/h12-19,32-33,46-47H,8-11,20-31H2,1-7H3,(H-,48,49,54,55);1H. The molecule has 3 aliphatic rings. The van der Waals surface area contributed by atoms with Crippen LogP contribution < -0.4 is 48.5 Å². The van der Waals surface area contributed by atoms with Crippen molar-refractivity contribution >= 4 is 28.7 Å². The van der Waals surface area contributed by atoms with Gasteiger partial charge < -0.3 is 47.7 Å². The molecular weight excluding hydrogens is 752 g/mol. The van der Waals surface area contributed by atoms with Crippen molar-refractivity contribution in [1.29, 1.82) is 0 Å². The Bertz CT molecular complexity index is 1950. The molecule has 2 aliphatic heterocycles. The molecule has 318 valence electrons. The van der Waals surface area contributed by atoms with Crippen LogP contribution in [-0.4, -0.2) is 132 Å². The van der Waals surface area contributed by atoms with Gasteiger partial charge in [0.1, 0.15) is 30.0 Å². The number of benzene rings is 3. The van der Waals surface area contributed by atoms with Gasteiger partial charge >= 0.3 is 6.09 Å². The second-order valence-corrected chi connectivity index (χ2v) is 15.6. The predicted octanol–water partition coefficient (Wildman–Crippen LogP) is 1.92. The lowest BCUT2D eigenvalue weighted by molar-refractivity contribution is -0.0000421. The van der Waals surface area contributed by atoms with Crippen molar-refractivity contribution in [1.82, 2.24) is 35.6 Å². The van der Waals surface area contributed by atoms with Crippen LogP contribution in [-0.2, 0) is 4.74 Å². The molecule has 2 aromatic carbocycles. The first-order chi connectivity index (χ1) is 27.5. The van der Waals surface area contributed by atoms with Gasteiger partial charge in [0.2, 0.25) is 5.36 Å². The Balaban J connectivity index is 0.00000744. The van der Waals surface area contributed by atoms with Crippen LogP contribution in [0.5, 0.6) is 0 Å². The number of hydrogen-bond acceptors (Lipinski definition) is 9. The maximum absolute atomic E-state index is 14.2. The molecule has 2 heterocycles. The van der Waals surface area contributed by atoms with Crippen LogP contribution in [0, 0.1) is 0 Å². The molecule has 12 nitrogen and oxygen atoms in total. The summed E-state index contributed by atoms with van der Waals surface area (Å²) in [6, 6.07) is 20.8. The summed E-state index contributed by atoms with van der Waals surface area (Å²) in [5.41, 5.74) is 4.87. The second-order valence-electron chi connectivity index (χ2n) is 15.6. The summed E-state index contributed by atoms with van der Waals surface area (Å²) in [7, 11) is 0. The van der Waals surface area contributed by atoms with Crippen LogP contribution in [0.15, 0.2) is 65.1 Å². The molecule has 0 spiro atoms. The number of hydrogen-bond donors (Lipinski definition) is 4. The summed E-state index contributed by atoms with van der Waals surface area (Å²) in [5, 5.41) is 15.3. The highest BCUT2D eigenvalue weighted by atomic mass is 35.5. The van der Waals surface area contributed by atoms with E-state index in [1.54, 1.807) is 0 Å². The molecule has 2 aromatic rings. The summed E-state index contributed by atoms with van der Waals surface area (Å²) in [6.07, 6.45) is -0.391. The van der Waals surface area contributed by atoms with Gasteiger partial charge in [0.25, 0.3) is 5.91 Å². The summed E-state index contributed by atoms with van der Waals surface area (Å²) in [4.78, 5) is 33.5. The molecule has 2 amide bonds. The van der Waals surface area contributed by atoms with Gasteiger partial charge in [0, 0.05) is 132 Å². The first-order valence-corrected chi connectivity index (χ1v) is 21.1. The van der Waals surface area contributed by atoms with Gasteiger partial charge in [-0.25, -0.2) is 9.37 Å². The number of rotatable bonds is 13. The quantitative estimate of drug-likeness (QED) is 0.119. The monoisotopic (exact) mass is 818 g/mol. The van der Waals surface area contributed by atoms with E-state index >= 15 is 0 Å². The van der Waals surface area contributed by atoms with Crippen molar-refractivity contribution in [2.45, 2.75) is 54.1 Å². The third kappa shape index (κ3) is 12.9. The van der Waals surface area contributed by atoms with Crippen molar-refractivity contribution in [3.63, 3.8) is 0 Å². The number of halogens is 1. The maximum Gasteiger partial charge on any atom is 0.407 e. The fourth-order valence-electron chi connectivity index (χ4n) is 7.54. The Morgan fingerprint density at radius 2 is 1.43 bits per heavy atom. The number of anilines is 1. The lowest BCUT2D eigenvalue weighted by atomic mass is 9.90. The average Bonchev–Trinajstić information content (AvgIpc) is 3.18. The molecule has 1 saturated heterocycles. The molecule has 1 aliphatic carbocycles. The van der Waals surface area contributed by atoms with Crippen LogP contribution >= 0.6 is 0 Å². The molecule has 0 radical (unpaired) electrons. The zero-order chi connectivity index (χ0) is 40.8. The van der Waals surface area contributed by atoms with Crippen LogP contribution in [0.2, 0.25) is 0 Å². The molecule has 13 heteroatoms. The van der Waals surface area contributed by atoms with Crippen molar-refractivity contribution in [3.8, 4) is 22.5 Å². The Morgan fingerprint density at radius 3 is 2.05 bits per heavy atom. The lowest BCUT2D eigenvalue weighted by Crippen LogP contribution is -3.00. The summed E-state index contributed by atoms with van der Waals surface area (Å²) >= 11 is 0. The van der Waals surface area contributed by atoms with E-state index in [4.69, 9.17) is 9.15 Å². The van der Waals surface area contributed by atoms with E-state index in [2.05, 4.69) is 111 Å². The Kier molecular flexibility index (Phi) is 18.3. The zero-order valence-corrected chi connectivity index (χ0v) is 36.6. The van der Waals surface area contributed by atoms with Gasteiger partial charge in [-0.05, 0) is 78.3 Å². The highest BCUT2D eigenvalue weighted by molar-refractivity contribution is 6.09. The van der Waals surface area contributed by atoms with E-state index in [1.165, 1.54) is 0 Å². The number of carbonyl (C=O) groups excluding carboxylic acids is 2. The maximum atomic E-state index is 14.2. The van der Waals surface area contributed by atoms with Crippen molar-refractivity contribution in [2.24, 2.45) is 0 Å². The number of fused-ring (bicyclic) bond motifs is 2. The van der Waals surface area contributed by atoms with Gasteiger partial charge in [-0.2, -0.15) is 0 Å². The van der Waals surface area contributed by atoms with E-state index in [0.29, 0.717) is 18.7 Å². The molecule has 0 atom stereocenters. The number of nitrogens with one attached hydrogen (secondary N) is 4. The number of carbonyl (C=O) groups is 2. The minimum Gasteiger partial charge on any atom is -1.00 e. The van der Waals surface area contributed by atoms with Crippen LogP contribution in [0.25, 0.3) is 33.4 Å². The van der Waals surface area contributed by atoms with Gasteiger partial charge in [-0.3, -0.25) is 14.6 Å². The first kappa shape index (κ1) is 46.5. The second kappa shape index (κ2) is 22.8. The summed E-state index contributed by atoms with van der Waals surface area (Å²) in [6.45, 7) is 27.3. The molecule has 0 aromatic heterocycles. The van der Waals surface area contributed by atoms with Crippen molar-refractivity contribution in [3.05, 3.63) is 71.6 Å². The number of nitrogens with zero attached hydrogens (tertiary/aromatic N) is 4. The third-order valence-electron chi connectivity index (χ3n) is 10.6. The molecule has 0 unspecified atom stereocenters. The molecule has 5 rings (SSSR count). The number of ether oxygens (including phenoxy) is 1. The lowest BCUT2D eigenvalue weighted by Gasteiger charge is -2.29. The zero-order valence-electron chi connectivity index (χ0n) is 35.9. The van der Waals surface area contributed by atoms with E-state index in [0.717, 1.165) is 136 Å². The van der Waals surface area contributed by atoms with Gasteiger partial charge in [-0.1, -0.05) is 18.2 Å². The van der Waals surface area contributed by atoms with E-state index in [1.807, 2.05) is 39.0 Å². The highest BCUT2D eigenvalue weighted by Crippen LogP contribution is 2.42. The molecule has 0 bridgehead atoms. The molecule has 1 fully saturated rings. The Hall–Kier alpha value is -4.20. The van der Waals surface area contributed by atoms with E-state index in [9.17, 15) is 9.59 Å². The average molecular weight is 820 g/mol. The molecule has 4 N–H and O–H groups in total. The van der Waals surface area contributed by atoms with Crippen LogP contribution in [0.4, 0.5) is 10.5 Å². The normalized spacial score (nSPS) is 14.9. The minimum atomic E-state index is -0.529. The first-order valence-electron chi connectivity index (χ1n) is 21.1. The predicted molar refractivity (Wildman–Crippen MR) is 233 cm³/mol. The largest absolute Gasteiger partial charge is 1.00 e. The highest BCUT2D eigenvalue weighted by Gasteiger charge is 2.23. The molecule has 58 heavy (non-hydrogen) atoms. The number of alkyl carbamates (subject to hydrolysis) is 1. The fourth-order valence-corrected chi connectivity index (χ4v) is 7.54. The number of amides is 2. The smallest absolute Gasteiger partial charge is 0.407 e. The Morgan fingerprint density at radius 1 is 0.793 bits per heavy atom. The van der Waals surface area contributed by atoms with E-state index in [-0.39, 0.29) is 18.3 Å². The fraction of sp³-hybridized carbons (Fsp3) is 0.533. The van der Waals surface area contributed by atoms with Crippen molar-refractivity contribution < 1.29 is 31.2 Å².